The number of oxime groups is 1. The highest BCUT2D eigenvalue weighted by Crippen LogP contribution is 2.71. The summed E-state index contributed by atoms with van der Waals surface area (Å²) in [6, 6.07) is 12.3. The van der Waals surface area contributed by atoms with Crippen molar-refractivity contribution in [1.29, 1.82) is 0 Å². The average molecular weight is 470 g/mol. The molecule has 0 saturated heterocycles. The number of hydrogen-bond acceptors (Lipinski definition) is 6. The van der Waals surface area contributed by atoms with E-state index in [9.17, 15) is 19.7 Å². The number of nitrogens with one attached hydrogen (secondary N) is 1. The number of hydrogen-bond donors (Lipinski definition) is 1. The molecule has 2 saturated carbocycles. The van der Waals surface area contributed by atoms with Crippen LogP contribution in [0.25, 0.3) is 0 Å². The molecule has 172 valence electrons. The highest BCUT2D eigenvalue weighted by atomic mass is 35.5. The van der Waals surface area contributed by atoms with Crippen LogP contribution >= 0.6 is 11.6 Å². The summed E-state index contributed by atoms with van der Waals surface area (Å²) in [6.45, 7) is 6.12. The van der Waals surface area contributed by atoms with Crippen LogP contribution in [0.4, 0.5) is 11.4 Å². The van der Waals surface area contributed by atoms with E-state index in [1.165, 1.54) is 18.2 Å². The van der Waals surface area contributed by atoms with Crippen LogP contribution in [-0.4, -0.2) is 22.5 Å². The van der Waals surface area contributed by atoms with Gasteiger partial charge in [-0.3, -0.25) is 14.9 Å². The van der Waals surface area contributed by atoms with Gasteiger partial charge in [0.25, 0.3) is 5.69 Å². The molecule has 0 aliphatic heterocycles. The number of nitro groups is 1. The average Bonchev–Trinajstić information content (AvgIpc) is 3.08. The lowest BCUT2D eigenvalue weighted by Crippen LogP contribution is -2.43. The van der Waals surface area contributed by atoms with E-state index < -0.39 is 27.1 Å². The Morgan fingerprint density at radius 2 is 1.85 bits per heavy atom. The number of nitrogens with zero attached hydrogens (tertiary/aromatic N) is 2. The smallest absolute Gasteiger partial charge is 0.326 e. The second kappa shape index (κ2) is 7.95. The SMILES string of the molecule is CC12CCC(C(=O)Nc3cccc(Cl)c3)(CC1=NOC(=O)c1cccc([N+](=O)[O-])c1)C2(C)C. The lowest BCUT2D eigenvalue weighted by Gasteiger charge is -2.39. The fraction of sp³-hybridized carbons (Fsp3) is 0.375. The summed E-state index contributed by atoms with van der Waals surface area (Å²) < 4.78 is 0. The molecule has 2 fully saturated rings. The fourth-order valence-electron chi connectivity index (χ4n) is 5.24. The van der Waals surface area contributed by atoms with Crippen LogP contribution in [0, 0.1) is 26.4 Å². The van der Waals surface area contributed by atoms with Crippen molar-refractivity contribution in [1.82, 2.24) is 0 Å². The molecule has 0 aromatic heterocycles. The van der Waals surface area contributed by atoms with Gasteiger partial charge in [-0.25, -0.2) is 4.79 Å². The van der Waals surface area contributed by atoms with Crippen LogP contribution in [0.5, 0.6) is 0 Å². The topological polar surface area (TPSA) is 111 Å². The van der Waals surface area contributed by atoms with E-state index in [2.05, 4.69) is 10.5 Å². The Bertz CT molecular complexity index is 1190. The number of anilines is 1. The van der Waals surface area contributed by atoms with Crippen molar-refractivity contribution in [2.24, 2.45) is 21.4 Å². The van der Waals surface area contributed by atoms with Crippen LogP contribution in [0.3, 0.4) is 0 Å². The fourth-order valence-corrected chi connectivity index (χ4v) is 5.43. The molecule has 1 N–H and O–H groups in total. The predicted molar refractivity (Wildman–Crippen MR) is 124 cm³/mol. The maximum atomic E-state index is 13.5. The Kier molecular flexibility index (Phi) is 5.52. The van der Waals surface area contributed by atoms with Gasteiger partial charge in [-0.05, 0) is 42.5 Å². The standard InChI is InChI=1S/C24H24ClN3O5/c1-22(2)23(3)10-11-24(22,21(30)26-17-8-5-7-16(25)13-17)14-19(23)27-33-20(29)15-6-4-9-18(12-15)28(31)32/h4-9,12-13H,10-11,14H2,1-3H3,(H,26,30). The van der Waals surface area contributed by atoms with Gasteiger partial charge >= 0.3 is 5.97 Å². The van der Waals surface area contributed by atoms with Crippen molar-refractivity contribution < 1.29 is 19.3 Å². The minimum absolute atomic E-state index is 0.0366. The van der Waals surface area contributed by atoms with E-state index in [1.807, 2.05) is 20.8 Å². The second-order valence-corrected chi connectivity index (χ2v) is 9.84. The van der Waals surface area contributed by atoms with Crippen molar-refractivity contribution in [3.8, 4) is 0 Å². The minimum Gasteiger partial charge on any atom is -0.326 e. The molecule has 8 nitrogen and oxygen atoms in total. The number of fused-ring (bicyclic) bond motifs is 2. The second-order valence-electron chi connectivity index (χ2n) is 9.40. The Morgan fingerprint density at radius 1 is 1.12 bits per heavy atom. The molecule has 2 aliphatic rings. The lowest BCUT2D eigenvalue weighted by atomic mass is 9.64. The van der Waals surface area contributed by atoms with E-state index in [4.69, 9.17) is 16.4 Å². The number of halogens is 1. The van der Waals surface area contributed by atoms with Crippen molar-refractivity contribution in [3.05, 3.63) is 69.2 Å². The molecule has 33 heavy (non-hydrogen) atoms. The van der Waals surface area contributed by atoms with Crippen molar-refractivity contribution in [3.63, 3.8) is 0 Å². The Morgan fingerprint density at radius 3 is 2.55 bits per heavy atom. The maximum Gasteiger partial charge on any atom is 0.365 e. The largest absolute Gasteiger partial charge is 0.365 e. The van der Waals surface area contributed by atoms with Gasteiger partial charge in [0, 0.05) is 34.7 Å². The summed E-state index contributed by atoms with van der Waals surface area (Å²) in [4.78, 5) is 41.6. The van der Waals surface area contributed by atoms with E-state index >= 15 is 0 Å². The molecular weight excluding hydrogens is 446 g/mol. The maximum absolute atomic E-state index is 13.5. The summed E-state index contributed by atoms with van der Waals surface area (Å²) in [5.41, 5.74) is -0.522. The van der Waals surface area contributed by atoms with Crippen LogP contribution in [0.1, 0.15) is 50.4 Å². The van der Waals surface area contributed by atoms with Gasteiger partial charge in [0.1, 0.15) is 0 Å². The van der Waals surface area contributed by atoms with Crippen LogP contribution in [0.15, 0.2) is 53.7 Å². The highest BCUT2D eigenvalue weighted by molar-refractivity contribution is 6.30. The number of carbonyl (C=O) groups is 2. The first-order chi connectivity index (χ1) is 15.5. The third-order valence-corrected chi connectivity index (χ3v) is 8.02. The lowest BCUT2D eigenvalue weighted by molar-refractivity contribution is -0.384. The summed E-state index contributed by atoms with van der Waals surface area (Å²) in [5.74, 6) is -0.901. The quantitative estimate of drug-likeness (QED) is 0.347. The summed E-state index contributed by atoms with van der Waals surface area (Å²) >= 11 is 6.06. The monoisotopic (exact) mass is 469 g/mol. The van der Waals surface area contributed by atoms with Crippen LogP contribution in [0.2, 0.25) is 5.02 Å². The third kappa shape index (κ3) is 3.58. The highest BCUT2D eigenvalue weighted by Gasteiger charge is 2.71. The summed E-state index contributed by atoms with van der Waals surface area (Å²) in [5, 5.41) is 18.7. The third-order valence-electron chi connectivity index (χ3n) is 7.78. The van der Waals surface area contributed by atoms with Gasteiger partial charge in [-0.1, -0.05) is 49.7 Å². The van der Waals surface area contributed by atoms with Gasteiger partial charge in [0.2, 0.25) is 5.91 Å². The molecule has 2 aromatic rings. The summed E-state index contributed by atoms with van der Waals surface area (Å²) in [7, 11) is 0. The Hall–Kier alpha value is -3.26. The molecular formula is C24H24ClN3O5. The van der Waals surface area contributed by atoms with E-state index in [0.29, 0.717) is 29.3 Å². The minimum atomic E-state index is -0.784. The van der Waals surface area contributed by atoms with Crippen LogP contribution < -0.4 is 5.32 Å². The van der Waals surface area contributed by atoms with Gasteiger partial charge in [0.05, 0.1) is 21.6 Å². The first kappa shape index (κ1) is 22.9. The van der Waals surface area contributed by atoms with Gasteiger partial charge in [-0.2, -0.15) is 0 Å². The molecule has 2 aliphatic carbocycles. The molecule has 0 radical (unpaired) electrons. The molecule has 2 aromatic carbocycles. The van der Waals surface area contributed by atoms with Crippen molar-refractivity contribution in [2.45, 2.75) is 40.0 Å². The predicted octanol–water partition coefficient (Wildman–Crippen LogP) is 5.62. The molecule has 9 heteroatoms. The Labute approximate surface area is 196 Å². The molecule has 2 atom stereocenters. The van der Waals surface area contributed by atoms with Crippen molar-refractivity contribution in [2.75, 3.05) is 5.32 Å². The normalized spacial score (nSPS) is 26.2. The molecule has 0 spiro atoms. The van der Waals surface area contributed by atoms with Gasteiger partial charge < -0.3 is 10.2 Å². The van der Waals surface area contributed by atoms with E-state index in [-0.39, 0.29) is 17.2 Å². The molecule has 2 bridgehead atoms. The molecule has 1 amide bonds. The number of non-ortho nitro benzene ring substituents is 1. The van der Waals surface area contributed by atoms with Crippen molar-refractivity contribution >= 4 is 40.6 Å². The number of amides is 1. The van der Waals surface area contributed by atoms with Gasteiger partial charge in [-0.15, -0.1) is 0 Å². The summed E-state index contributed by atoms with van der Waals surface area (Å²) in [6.07, 6.45) is 1.75. The van der Waals surface area contributed by atoms with Gasteiger partial charge in [0.15, 0.2) is 0 Å². The Balaban J connectivity index is 1.58. The number of carbonyl (C=O) groups excluding carboxylic acids is 2. The molecule has 0 heterocycles. The zero-order valence-corrected chi connectivity index (χ0v) is 19.3. The van der Waals surface area contributed by atoms with E-state index in [0.717, 1.165) is 12.5 Å². The number of nitro benzene ring substituents is 1. The zero-order chi connectivity index (χ0) is 24.0. The first-order valence-electron chi connectivity index (χ1n) is 10.6. The number of benzene rings is 2. The molecule has 2 unspecified atom stereocenters. The van der Waals surface area contributed by atoms with Crippen LogP contribution in [-0.2, 0) is 9.63 Å². The first-order valence-corrected chi connectivity index (χ1v) is 11.0. The molecule has 4 rings (SSSR count). The number of rotatable bonds is 5. The van der Waals surface area contributed by atoms with E-state index in [1.54, 1.807) is 24.3 Å². The zero-order valence-electron chi connectivity index (χ0n) is 18.6.